The highest BCUT2D eigenvalue weighted by Crippen LogP contribution is 2.31. The summed E-state index contributed by atoms with van der Waals surface area (Å²) in [5.41, 5.74) is 1.11. The van der Waals surface area contributed by atoms with E-state index in [1.807, 2.05) is 0 Å². The van der Waals surface area contributed by atoms with Gasteiger partial charge in [-0.3, -0.25) is 0 Å². The van der Waals surface area contributed by atoms with Gasteiger partial charge in [0.25, 0.3) is 0 Å². The molecule has 2 aromatic rings. The third-order valence-corrected chi connectivity index (χ3v) is 7.46. The fraction of sp³-hybridized carbons (Fsp3) is 0.500. The molecule has 248 valence electrons. The number of benzene rings is 2. The molecular weight excluding hydrogens is 600 g/mol. The highest BCUT2D eigenvalue weighted by atomic mass is 16.7. The lowest BCUT2D eigenvalue weighted by molar-refractivity contribution is -0.357. The Morgan fingerprint density at radius 1 is 0.844 bits per heavy atom. The van der Waals surface area contributed by atoms with Gasteiger partial charge in [0.1, 0.15) is 49.3 Å². The number of rotatable bonds is 11. The molecule has 0 spiro atoms. The molecule has 10 atom stereocenters. The molecule has 2 fully saturated rings. The summed E-state index contributed by atoms with van der Waals surface area (Å²) >= 11 is 0. The van der Waals surface area contributed by atoms with Gasteiger partial charge in [-0.05, 0) is 54.8 Å². The van der Waals surface area contributed by atoms with Crippen molar-refractivity contribution >= 4 is 12.0 Å². The van der Waals surface area contributed by atoms with E-state index in [0.29, 0.717) is 11.1 Å². The van der Waals surface area contributed by atoms with Gasteiger partial charge in [0, 0.05) is 6.08 Å². The Morgan fingerprint density at radius 3 is 2.29 bits per heavy atom. The fourth-order valence-corrected chi connectivity index (χ4v) is 4.81. The summed E-state index contributed by atoms with van der Waals surface area (Å²) in [6, 6.07) is 8.61. The van der Waals surface area contributed by atoms with Crippen molar-refractivity contribution in [3.8, 4) is 23.0 Å². The minimum atomic E-state index is -1.74. The van der Waals surface area contributed by atoms with E-state index in [1.54, 1.807) is 12.1 Å². The van der Waals surface area contributed by atoms with Gasteiger partial charge >= 0.3 is 5.97 Å². The van der Waals surface area contributed by atoms with Crippen LogP contribution in [-0.4, -0.2) is 129 Å². The van der Waals surface area contributed by atoms with Crippen LogP contribution in [0.1, 0.15) is 18.1 Å². The van der Waals surface area contributed by atoms with Crippen LogP contribution in [0.4, 0.5) is 0 Å². The highest BCUT2D eigenvalue weighted by Gasteiger charge is 2.50. The summed E-state index contributed by atoms with van der Waals surface area (Å²) in [4.78, 5) is 12.5. The first kappa shape index (κ1) is 34.4. The molecule has 0 amide bonds. The number of ether oxygens (including phenoxy) is 6. The van der Waals surface area contributed by atoms with E-state index in [2.05, 4.69) is 0 Å². The van der Waals surface area contributed by atoms with Crippen LogP contribution in [0, 0.1) is 0 Å². The topological polar surface area (TPSA) is 234 Å². The molecule has 0 unspecified atom stereocenters. The molecule has 0 radical (unpaired) electrons. The first-order valence-corrected chi connectivity index (χ1v) is 14.1. The van der Waals surface area contributed by atoms with Crippen molar-refractivity contribution in [3.05, 3.63) is 53.6 Å². The number of esters is 1. The number of aliphatic hydroxyl groups excluding tert-OH is 5. The predicted octanol–water partition coefficient (Wildman–Crippen LogP) is -0.713. The molecule has 4 rings (SSSR count). The summed E-state index contributed by atoms with van der Waals surface area (Å²) < 4.78 is 32.9. The van der Waals surface area contributed by atoms with Crippen molar-refractivity contribution in [2.45, 2.75) is 74.8 Å². The zero-order valence-corrected chi connectivity index (χ0v) is 24.4. The van der Waals surface area contributed by atoms with Gasteiger partial charge in [0.05, 0.1) is 19.8 Å². The summed E-state index contributed by atoms with van der Waals surface area (Å²) in [6.07, 6.45) is -12.2. The zero-order valence-electron chi connectivity index (χ0n) is 24.4. The lowest BCUT2D eigenvalue weighted by Crippen LogP contribution is -2.64. The lowest BCUT2D eigenvalue weighted by atomic mass is 9.97. The Morgan fingerprint density at radius 2 is 1.58 bits per heavy atom. The monoisotopic (exact) mass is 638 g/mol. The Balaban J connectivity index is 1.44. The number of hydrogen-bond acceptors (Lipinski definition) is 15. The van der Waals surface area contributed by atoms with Crippen LogP contribution >= 0.6 is 0 Å². The van der Waals surface area contributed by atoms with E-state index >= 15 is 0 Å². The van der Waals surface area contributed by atoms with Crippen LogP contribution in [0.3, 0.4) is 0 Å². The summed E-state index contributed by atoms with van der Waals surface area (Å²) in [5.74, 6) is -1.32. The zero-order chi connectivity index (χ0) is 32.8. The average Bonchev–Trinajstić information content (AvgIpc) is 3.02. The molecule has 8 N–H and O–H groups in total. The highest BCUT2D eigenvalue weighted by molar-refractivity contribution is 5.87. The summed E-state index contributed by atoms with van der Waals surface area (Å²) in [7, 11) is 1.38. The van der Waals surface area contributed by atoms with E-state index < -0.39 is 74.0 Å². The van der Waals surface area contributed by atoms with Gasteiger partial charge < -0.3 is 69.3 Å². The molecule has 15 heteroatoms. The molecule has 2 aliphatic rings. The van der Waals surface area contributed by atoms with Crippen LogP contribution in [0.5, 0.6) is 23.0 Å². The van der Waals surface area contributed by atoms with Gasteiger partial charge in [0.2, 0.25) is 0 Å². The van der Waals surface area contributed by atoms with Crippen molar-refractivity contribution in [3.63, 3.8) is 0 Å². The number of aromatic hydroxyl groups is 3. The third kappa shape index (κ3) is 8.40. The minimum absolute atomic E-state index is 0.0649. The summed E-state index contributed by atoms with van der Waals surface area (Å²) in [5, 5.41) is 81.7. The maximum absolute atomic E-state index is 12.5. The SMILES string of the molecule is COc1cc(/C=C/C(=O)OC[C@H]2O[C@@H](OCCc3ccc(O)c(O)c3)[C@H](O)[C@@H](O[C@H]3O[C@@H](C)[C@H](O)[C@@H](O)[C@H]3O)[C@@H]2O)ccc1O. The number of phenolic OH excluding ortho intramolecular Hbond substituents is 3. The van der Waals surface area contributed by atoms with E-state index in [0.717, 1.165) is 6.08 Å². The second kappa shape index (κ2) is 15.2. The van der Waals surface area contributed by atoms with E-state index in [9.17, 15) is 45.6 Å². The quantitative estimate of drug-likeness (QED) is 0.0862. The number of carbonyl (C=O) groups is 1. The molecule has 0 aliphatic carbocycles. The van der Waals surface area contributed by atoms with Crippen molar-refractivity contribution in [2.24, 2.45) is 0 Å². The number of phenols is 3. The molecule has 0 bridgehead atoms. The first-order chi connectivity index (χ1) is 21.4. The Labute approximate surface area is 258 Å². The van der Waals surface area contributed by atoms with Gasteiger partial charge in [0.15, 0.2) is 35.6 Å². The van der Waals surface area contributed by atoms with Crippen LogP contribution in [0.15, 0.2) is 42.5 Å². The standard InChI is InChI=1S/C30H38O15/c1-14-23(35)25(37)26(38)30(43-14)45-28-24(36)21(13-42-22(34)8-5-15-4-7-18(32)20(12-15)40-2)44-29(27(28)39)41-10-9-16-3-6-17(31)19(33)11-16/h3-8,11-12,14,21,23-33,35-39H,9-10,13H2,1-2H3/b8-5+/t14-,21+,23-,24+,25+,26+,27+,28-,29+,30+/m0/s1. The number of hydrogen-bond donors (Lipinski definition) is 8. The van der Waals surface area contributed by atoms with E-state index in [1.165, 1.54) is 44.4 Å². The fourth-order valence-electron chi connectivity index (χ4n) is 4.81. The summed E-state index contributed by atoms with van der Waals surface area (Å²) in [6.45, 7) is 0.849. The van der Waals surface area contributed by atoms with Gasteiger partial charge in [-0.15, -0.1) is 0 Å². The molecule has 45 heavy (non-hydrogen) atoms. The van der Waals surface area contributed by atoms with Gasteiger partial charge in [-0.25, -0.2) is 4.79 Å². The number of carbonyl (C=O) groups excluding carboxylic acids is 1. The molecule has 0 saturated carbocycles. The number of methoxy groups -OCH3 is 1. The van der Waals surface area contributed by atoms with Crippen molar-refractivity contribution in [1.82, 2.24) is 0 Å². The van der Waals surface area contributed by atoms with Gasteiger partial charge in [-0.2, -0.15) is 0 Å². The second-order valence-corrected chi connectivity index (χ2v) is 10.6. The molecular formula is C30H38O15. The van der Waals surface area contributed by atoms with Crippen molar-refractivity contribution in [2.75, 3.05) is 20.3 Å². The second-order valence-electron chi connectivity index (χ2n) is 10.6. The first-order valence-electron chi connectivity index (χ1n) is 14.1. The molecule has 2 aliphatic heterocycles. The van der Waals surface area contributed by atoms with E-state index in [-0.39, 0.29) is 36.0 Å². The van der Waals surface area contributed by atoms with Gasteiger partial charge in [-0.1, -0.05) is 12.1 Å². The van der Waals surface area contributed by atoms with Crippen LogP contribution < -0.4 is 4.74 Å². The Kier molecular flexibility index (Phi) is 11.6. The van der Waals surface area contributed by atoms with Crippen LogP contribution in [0.25, 0.3) is 6.08 Å². The van der Waals surface area contributed by atoms with Crippen LogP contribution in [0.2, 0.25) is 0 Å². The molecule has 2 saturated heterocycles. The van der Waals surface area contributed by atoms with Crippen LogP contribution in [-0.2, 0) is 34.9 Å². The Bertz CT molecular complexity index is 1320. The van der Waals surface area contributed by atoms with E-state index in [4.69, 9.17) is 28.4 Å². The smallest absolute Gasteiger partial charge is 0.330 e. The molecule has 2 heterocycles. The van der Waals surface area contributed by atoms with Crippen molar-refractivity contribution in [1.29, 1.82) is 0 Å². The largest absolute Gasteiger partial charge is 0.504 e. The van der Waals surface area contributed by atoms with Crippen molar-refractivity contribution < 1.29 is 74.1 Å². The minimum Gasteiger partial charge on any atom is -0.504 e. The normalized spacial score (nSPS) is 32.0. The molecule has 15 nitrogen and oxygen atoms in total. The number of aliphatic hydroxyl groups is 5. The lowest BCUT2D eigenvalue weighted by Gasteiger charge is -2.45. The molecule has 0 aromatic heterocycles. The third-order valence-electron chi connectivity index (χ3n) is 7.46. The molecule has 2 aromatic carbocycles. The maximum atomic E-state index is 12.5. The average molecular weight is 639 g/mol. The maximum Gasteiger partial charge on any atom is 0.330 e. The predicted molar refractivity (Wildman–Crippen MR) is 152 cm³/mol. The Hall–Kier alpha value is -3.51.